The SMILES string of the molecule is C[N+]1(C)CCC(OC(=O)C2(c3ccccc3)CCCCCC2)CC1.[I-]. The molecule has 1 aromatic carbocycles. The molecule has 1 saturated heterocycles. The summed E-state index contributed by atoms with van der Waals surface area (Å²) >= 11 is 0. The number of rotatable bonds is 3. The Kier molecular flexibility index (Phi) is 7.32. The molecule has 140 valence electrons. The van der Waals surface area contributed by atoms with Gasteiger partial charge < -0.3 is 33.2 Å². The maximum atomic E-state index is 13.3. The van der Waals surface area contributed by atoms with Crippen molar-refractivity contribution in [2.45, 2.75) is 62.9 Å². The number of likely N-dealkylation sites (tertiary alicyclic amines) is 1. The molecule has 0 N–H and O–H groups in total. The van der Waals surface area contributed by atoms with Crippen molar-refractivity contribution in [3.63, 3.8) is 0 Å². The number of piperidine rings is 1. The van der Waals surface area contributed by atoms with Gasteiger partial charge in [0.2, 0.25) is 0 Å². The maximum absolute atomic E-state index is 13.3. The van der Waals surface area contributed by atoms with E-state index in [9.17, 15) is 4.79 Å². The molecular weight excluding hydrogens is 425 g/mol. The summed E-state index contributed by atoms with van der Waals surface area (Å²) in [4.78, 5) is 13.3. The van der Waals surface area contributed by atoms with E-state index in [4.69, 9.17) is 4.74 Å². The Labute approximate surface area is 169 Å². The van der Waals surface area contributed by atoms with Gasteiger partial charge in [-0.3, -0.25) is 4.79 Å². The minimum atomic E-state index is -0.417. The second kappa shape index (κ2) is 8.85. The topological polar surface area (TPSA) is 26.3 Å². The van der Waals surface area contributed by atoms with Crippen LogP contribution in [0.2, 0.25) is 0 Å². The molecule has 2 aliphatic rings. The zero-order valence-electron chi connectivity index (χ0n) is 15.7. The Bertz CT molecular complexity index is 540. The number of nitrogens with zero attached hydrogens (tertiary/aromatic N) is 1. The van der Waals surface area contributed by atoms with Crippen molar-refractivity contribution in [2.75, 3.05) is 27.2 Å². The second-order valence-corrected chi connectivity index (χ2v) is 8.35. The second-order valence-electron chi connectivity index (χ2n) is 8.35. The Balaban J connectivity index is 0.00000225. The first-order chi connectivity index (χ1) is 11.5. The molecular formula is C21H32INO2. The van der Waals surface area contributed by atoms with Crippen LogP contribution in [-0.4, -0.2) is 43.7 Å². The average Bonchev–Trinajstić information content (AvgIpc) is 2.84. The van der Waals surface area contributed by atoms with Crippen molar-refractivity contribution in [3.8, 4) is 0 Å². The fourth-order valence-corrected chi connectivity index (χ4v) is 4.33. The van der Waals surface area contributed by atoms with Crippen molar-refractivity contribution < 1.29 is 38.0 Å². The van der Waals surface area contributed by atoms with E-state index >= 15 is 0 Å². The average molecular weight is 457 g/mol. The Morgan fingerprint density at radius 2 is 1.56 bits per heavy atom. The standard InChI is InChI=1S/C21H32NO2.HI/c1-22(2)16-12-19(13-17-22)24-20(23)21(14-8-3-4-9-15-21)18-10-6-5-7-11-18;/h5-7,10-11,19H,3-4,8-9,12-17H2,1-2H3;1H/q+1;/p-1. The highest BCUT2D eigenvalue weighted by Crippen LogP contribution is 2.40. The highest BCUT2D eigenvalue weighted by atomic mass is 127. The summed E-state index contributed by atoms with van der Waals surface area (Å²) in [6.07, 6.45) is 8.67. The van der Waals surface area contributed by atoms with Gasteiger partial charge in [0.15, 0.2) is 0 Å². The van der Waals surface area contributed by atoms with Crippen LogP contribution in [0.25, 0.3) is 0 Å². The van der Waals surface area contributed by atoms with Gasteiger partial charge in [0.25, 0.3) is 0 Å². The highest BCUT2D eigenvalue weighted by Gasteiger charge is 2.43. The van der Waals surface area contributed by atoms with E-state index in [1.165, 1.54) is 12.8 Å². The van der Waals surface area contributed by atoms with Gasteiger partial charge in [-0.1, -0.05) is 56.0 Å². The van der Waals surface area contributed by atoms with Gasteiger partial charge in [0.05, 0.1) is 32.6 Å². The summed E-state index contributed by atoms with van der Waals surface area (Å²) in [6.45, 7) is 2.19. The maximum Gasteiger partial charge on any atom is 0.316 e. The molecule has 4 heteroatoms. The smallest absolute Gasteiger partial charge is 0.316 e. The molecule has 0 aromatic heterocycles. The zero-order chi connectivity index (χ0) is 17.0. The molecule has 1 aromatic rings. The fourth-order valence-electron chi connectivity index (χ4n) is 4.33. The lowest BCUT2D eigenvalue weighted by atomic mass is 9.74. The number of carbonyl (C=O) groups excluding carboxylic acids is 1. The van der Waals surface area contributed by atoms with Crippen LogP contribution in [0.5, 0.6) is 0 Å². The fraction of sp³-hybridized carbons (Fsp3) is 0.667. The quantitative estimate of drug-likeness (QED) is 0.294. The van der Waals surface area contributed by atoms with E-state index in [1.54, 1.807) is 0 Å². The summed E-state index contributed by atoms with van der Waals surface area (Å²) in [5.74, 6) is 0.0350. The lowest BCUT2D eigenvalue weighted by Crippen LogP contribution is -3.00. The molecule has 0 atom stereocenters. The van der Waals surface area contributed by atoms with Crippen molar-refractivity contribution in [1.29, 1.82) is 0 Å². The first-order valence-electron chi connectivity index (χ1n) is 9.61. The van der Waals surface area contributed by atoms with Crippen LogP contribution in [0.1, 0.15) is 56.9 Å². The molecule has 0 radical (unpaired) electrons. The first-order valence-corrected chi connectivity index (χ1v) is 9.61. The summed E-state index contributed by atoms with van der Waals surface area (Å²) in [7, 11) is 4.52. The predicted molar refractivity (Wildman–Crippen MR) is 96.8 cm³/mol. The molecule has 1 aliphatic carbocycles. The summed E-state index contributed by atoms with van der Waals surface area (Å²) in [5.41, 5.74) is 0.739. The molecule has 3 rings (SSSR count). The van der Waals surface area contributed by atoms with Crippen molar-refractivity contribution in [1.82, 2.24) is 0 Å². The molecule has 0 spiro atoms. The van der Waals surface area contributed by atoms with E-state index in [0.29, 0.717) is 0 Å². The molecule has 2 fully saturated rings. The molecule has 1 heterocycles. The number of hydrogen-bond acceptors (Lipinski definition) is 2. The number of quaternary nitrogens is 1. The van der Waals surface area contributed by atoms with Crippen molar-refractivity contribution >= 4 is 5.97 Å². The Morgan fingerprint density at radius 1 is 1.00 bits per heavy atom. The molecule has 25 heavy (non-hydrogen) atoms. The van der Waals surface area contributed by atoms with E-state index < -0.39 is 5.41 Å². The van der Waals surface area contributed by atoms with E-state index in [-0.39, 0.29) is 36.0 Å². The van der Waals surface area contributed by atoms with Gasteiger partial charge in [0.1, 0.15) is 6.10 Å². The third-order valence-corrected chi connectivity index (χ3v) is 6.06. The number of ether oxygens (including phenoxy) is 1. The van der Waals surface area contributed by atoms with Gasteiger partial charge in [-0.05, 0) is 18.4 Å². The third-order valence-electron chi connectivity index (χ3n) is 6.06. The van der Waals surface area contributed by atoms with Gasteiger partial charge in [-0.2, -0.15) is 0 Å². The van der Waals surface area contributed by atoms with Crippen LogP contribution >= 0.6 is 0 Å². The number of carbonyl (C=O) groups is 1. The molecule has 0 bridgehead atoms. The minimum absolute atomic E-state index is 0. The summed E-state index contributed by atoms with van der Waals surface area (Å²) < 4.78 is 7.13. The highest BCUT2D eigenvalue weighted by molar-refractivity contribution is 5.83. The first kappa shape index (κ1) is 20.7. The summed E-state index contributed by atoms with van der Waals surface area (Å²) in [5, 5.41) is 0. The van der Waals surface area contributed by atoms with Gasteiger partial charge >= 0.3 is 5.97 Å². The monoisotopic (exact) mass is 457 g/mol. The normalized spacial score (nSPS) is 23.1. The van der Waals surface area contributed by atoms with Crippen LogP contribution in [0.4, 0.5) is 0 Å². The van der Waals surface area contributed by atoms with E-state index in [2.05, 4.69) is 38.4 Å². The lowest BCUT2D eigenvalue weighted by molar-refractivity contribution is -0.896. The van der Waals surface area contributed by atoms with Gasteiger partial charge in [0, 0.05) is 12.8 Å². The molecule has 0 unspecified atom stereocenters. The van der Waals surface area contributed by atoms with Crippen LogP contribution in [0.3, 0.4) is 0 Å². The Hall–Kier alpha value is -0.620. The van der Waals surface area contributed by atoms with E-state index in [0.717, 1.165) is 61.7 Å². The molecule has 3 nitrogen and oxygen atoms in total. The lowest BCUT2D eigenvalue weighted by Gasteiger charge is -2.38. The molecule has 1 saturated carbocycles. The van der Waals surface area contributed by atoms with Crippen LogP contribution < -0.4 is 24.0 Å². The van der Waals surface area contributed by atoms with Gasteiger partial charge in [-0.25, -0.2) is 0 Å². The van der Waals surface area contributed by atoms with Crippen molar-refractivity contribution in [3.05, 3.63) is 35.9 Å². The minimum Gasteiger partial charge on any atom is -1.00 e. The zero-order valence-corrected chi connectivity index (χ0v) is 17.8. The Morgan fingerprint density at radius 3 is 2.12 bits per heavy atom. The number of esters is 1. The molecule has 1 aliphatic heterocycles. The van der Waals surface area contributed by atoms with E-state index in [1.807, 2.05) is 6.07 Å². The van der Waals surface area contributed by atoms with Crippen molar-refractivity contribution in [2.24, 2.45) is 0 Å². The predicted octanol–water partition coefficient (Wildman–Crippen LogP) is 1.06. The number of hydrogen-bond donors (Lipinski definition) is 0. The largest absolute Gasteiger partial charge is 1.00 e. The van der Waals surface area contributed by atoms with Crippen LogP contribution in [0, 0.1) is 0 Å². The number of halogens is 1. The number of benzene rings is 1. The molecule has 0 amide bonds. The van der Waals surface area contributed by atoms with Crippen LogP contribution in [0.15, 0.2) is 30.3 Å². The van der Waals surface area contributed by atoms with Gasteiger partial charge in [-0.15, -0.1) is 0 Å². The third kappa shape index (κ3) is 4.97. The summed E-state index contributed by atoms with van der Waals surface area (Å²) in [6, 6.07) is 10.4. The van der Waals surface area contributed by atoms with Crippen LogP contribution in [-0.2, 0) is 14.9 Å².